The van der Waals surface area contributed by atoms with Gasteiger partial charge in [-0.05, 0) is 19.1 Å². The van der Waals surface area contributed by atoms with Crippen LogP contribution in [-0.4, -0.2) is 15.9 Å². The molecule has 0 radical (unpaired) electrons. The summed E-state index contributed by atoms with van der Waals surface area (Å²) in [6, 6.07) is 4.58. The van der Waals surface area contributed by atoms with Crippen LogP contribution in [0.4, 0.5) is 11.4 Å². The molecule has 18 heavy (non-hydrogen) atoms. The standard InChI is InChI=1S/C13H11N3O2/c1-3-9(2)15-12-4-5-13(16(17)18)10-6-7-14-8-11(10)12/h1,4-9,15H,2H3. The quantitative estimate of drug-likeness (QED) is 0.509. The van der Waals surface area contributed by atoms with Gasteiger partial charge in [0.1, 0.15) is 0 Å². The normalized spacial score (nSPS) is 11.8. The van der Waals surface area contributed by atoms with E-state index >= 15 is 0 Å². The summed E-state index contributed by atoms with van der Waals surface area (Å²) < 4.78 is 0. The number of pyridine rings is 1. The maximum atomic E-state index is 10.9. The van der Waals surface area contributed by atoms with Crippen LogP contribution in [0.3, 0.4) is 0 Å². The number of rotatable bonds is 3. The van der Waals surface area contributed by atoms with Crippen LogP contribution in [0.25, 0.3) is 10.8 Å². The minimum absolute atomic E-state index is 0.0614. The molecule has 1 unspecified atom stereocenters. The van der Waals surface area contributed by atoms with E-state index in [0.29, 0.717) is 10.8 Å². The number of nitro benzene ring substituents is 1. The van der Waals surface area contributed by atoms with E-state index in [1.165, 1.54) is 12.3 Å². The van der Waals surface area contributed by atoms with Crippen molar-refractivity contribution in [2.24, 2.45) is 0 Å². The second-order valence-corrected chi connectivity index (χ2v) is 3.84. The van der Waals surface area contributed by atoms with Gasteiger partial charge in [0.15, 0.2) is 0 Å². The van der Waals surface area contributed by atoms with Crippen LogP contribution in [-0.2, 0) is 0 Å². The van der Waals surface area contributed by atoms with Crippen molar-refractivity contribution in [2.45, 2.75) is 13.0 Å². The van der Waals surface area contributed by atoms with Gasteiger partial charge in [-0.3, -0.25) is 15.1 Å². The van der Waals surface area contributed by atoms with Gasteiger partial charge in [-0.15, -0.1) is 6.42 Å². The predicted molar refractivity (Wildman–Crippen MR) is 70.3 cm³/mol. The molecular formula is C13H11N3O2. The Hall–Kier alpha value is -2.61. The molecule has 0 aliphatic heterocycles. The van der Waals surface area contributed by atoms with Gasteiger partial charge in [0.2, 0.25) is 0 Å². The largest absolute Gasteiger partial charge is 0.371 e. The lowest BCUT2D eigenvalue weighted by Crippen LogP contribution is -2.12. The van der Waals surface area contributed by atoms with Crippen molar-refractivity contribution in [3.05, 3.63) is 40.7 Å². The summed E-state index contributed by atoms with van der Waals surface area (Å²) in [5.74, 6) is 2.55. The Balaban J connectivity index is 2.61. The van der Waals surface area contributed by atoms with Crippen molar-refractivity contribution in [2.75, 3.05) is 5.32 Å². The van der Waals surface area contributed by atoms with Crippen LogP contribution in [0.1, 0.15) is 6.92 Å². The van der Waals surface area contributed by atoms with Gasteiger partial charge in [-0.1, -0.05) is 5.92 Å². The number of anilines is 1. The van der Waals surface area contributed by atoms with Crippen LogP contribution in [0.5, 0.6) is 0 Å². The summed E-state index contributed by atoms with van der Waals surface area (Å²) in [6.07, 6.45) is 8.43. The van der Waals surface area contributed by atoms with Crippen LogP contribution in [0.2, 0.25) is 0 Å². The van der Waals surface area contributed by atoms with Crippen molar-refractivity contribution in [1.29, 1.82) is 0 Å². The average molecular weight is 241 g/mol. The molecule has 2 rings (SSSR count). The number of aromatic nitrogens is 1. The van der Waals surface area contributed by atoms with E-state index in [4.69, 9.17) is 6.42 Å². The fourth-order valence-electron chi connectivity index (χ4n) is 1.73. The number of non-ortho nitro benzene ring substituents is 1. The zero-order chi connectivity index (χ0) is 13.1. The molecule has 0 saturated heterocycles. The highest BCUT2D eigenvalue weighted by Crippen LogP contribution is 2.30. The summed E-state index contributed by atoms with van der Waals surface area (Å²) in [7, 11) is 0. The lowest BCUT2D eigenvalue weighted by Gasteiger charge is -2.11. The second-order valence-electron chi connectivity index (χ2n) is 3.84. The summed E-state index contributed by atoms with van der Waals surface area (Å²) >= 11 is 0. The van der Waals surface area contributed by atoms with E-state index < -0.39 is 4.92 Å². The van der Waals surface area contributed by atoms with Gasteiger partial charge in [0.25, 0.3) is 5.69 Å². The lowest BCUT2D eigenvalue weighted by molar-refractivity contribution is -0.383. The minimum Gasteiger partial charge on any atom is -0.371 e. The molecule has 1 aromatic heterocycles. The SMILES string of the molecule is C#CC(C)Nc1ccc([N+](=O)[O-])c2ccncc12. The molecule has 1 N–H and O–H groups in total. The molecule has 2 aromatic rings. The number of nitro groups is 1. The van der Waals surface area contributed by atoms with Crippen LogP contribution in [0, 0.1) is 22.5 Å². The summed E-state index contributed by atoms with van der Waals surface area (Å²) in [5, 5.41) is 15.3. The number of nitrogens with zero attached hydrogens (tertiary/aromatic N) is 2. The topological polar surface area (TPSA) is 68.1 Å². The number of nitrogens with one attached hydrogen (secondary N) is 1. The highest BCUT2D eigenvalue weighted by Gasteiger charge is 2.14. The predicted octanol–water partition coefficient (Wildman–Crippen LogP) is 2.58. The van der Waals surface area contributed by atoms with Gasteiger partial charge in [0.05, 0.1) is 16.4 Å². The summed E-state index contributed by atoms with van der Waals surface area (Å²) in [5.41, 5.74) is 0.806. The number of benzene rings is 1. The van der Waals surface area contributed by atoms with Crippen molar-refractivity contribution in [3.63, 3.8) is 0 Å². The van der Waals surface area contributed by atoms with Crippen molar-refractivity contribution < 1.29 is 4.92 Å². The molecule has 0 aliphatic carbocycles. The highest BCUT2D eigenvalue weighted by atomic mass is 16.6. The van der Waals surface area contributed by atoms with E-state index in [1.54, 1.807) is 18.3 Å². The van der Waals surface area contributed by atoms with E-state index in [1.807, 2.05) is 6.92 Å². The maximum absolute atomic E-state index is 10.9. The Kier molecular flexibility index (Phi) is 3.11. The Morgan fingerprint density at radius 2 is 2.22 bits per heavy atom. The Morgan fingerprint density at radius 1 is 1.44 bits per heavy atom. The number of fused-ring (bicyclic) bond motifs is 1. The Morgan fingerprint density at radius 3 is 2.89 bits per heavy atom. The number of terminal acetylenes is 1. The molecule has 90 valence electrons. The summed E-state index contributed by atoms with van der Waals surface area (Å²) in [6.45, 7) is 1.84. The first kappa shape index (κ1) is 11.9. The number of hydrogen-bond acceptors (Lipinski definition) is 4. The molecule has 0 spiro atoms. The third-order valence-electron chi connectivity index (χ3n) is 2.61. The van der Waals surface area contributed by atoms with Gasteiger partial charge >= 0.3 is 0 Å². The van der Waals surface area contributed by atoms with Crippen molar-refractivity contribution >= 4 is 22.1 Å². The third-order valence-corrected chi connectivity index (χ3v) is 2.61. The second kappa shape index (κ2) is 4.72. The molecule has 5 nitrogen and oxygen atoms in total. The lowest BCUT2D eigenvalue weighted by atomic mass is 10.1. The Labute approximate surface area is 104 Å². The fraction of sp³-hybridized carbons (Fsp3) is 0.154. The molecule has 1 aromatic carbocycles. The molecule has 0 fully saturated rings. The first-order valence-corrected chi connectivity index (χ1v) is 5.37. The van der Waals surface area contributed by atoms with Crippen LogP contribution in [0.15, 0.2) is 30.6 Å². The first-order valence-electron chi connectivity index (χ1n) is 5.37. The van der Waals surface area contributed by atoms with E-state index in [-0.39, 0.29) is 11.7 Å². The van der Waals surface area contributed by atoms with Crippen LogP contribution >= 0.6 is 0 Å². The average Bonchev–Trinajstić information content (AvgIpc) is 2.38. The molecule has 0 bridgehead atoms. The maximum Gasteiger partial charge on any atom is 0.277 e. The third kappa shape index (κ3) is 2.09. The molecule has 1 atom stereocenters. The monoisotopic (exact) mass is 241 g/mol. The molecule has 1 heterocycles. The molecule has 0 aliphatic rings. The molecular weight excluding hydrogens is 230 g/mol. The molecule has 0 amide bonds. The molecule has 5 heteroatoms. The van der Waals surface area contributed by atoms with Crippen molar-refractivity contribution in [1.82, 2.24) is 4.98 Å². The smallest absolute Gasteiger partial charge is 0.277 e. The molecule has 0 saturated carbocycles. The zero-order valence-electron chi connectivity index (χ0n) is 9.75. The van der Waals surface area contributed by atoms with E-state index in [9.17, 15) is 10.1 Å². The minimum atomic E-state index is -0.406. The first-order chi connectivity index (χ1) is 8.63. The van der Waals surface area contributed by atoms with Gasteiger partial charge in [0, 0.05) is 29.5 Å². The summed E-state index contributed by atoms with van der Waals surface area (Å²) in [4.78, 5) is 14.5. The van der Waals surface area contributed by atoms with E-state index in [0.717, 1.165) is 5.69 Å². The zero-order valence-corrected chi connectivity index (χ0v) is 9.75. The van der Waals surface area contributed by atoms with Gasteiger partial charge < -0.3 is 5.32 Å². The van der Waals surface area contributed by atoms with Crippen LogP contribution < -0.4 is 5.32 Å². The van der Waals surface area contributed by atoms with Gasteiger partial charge in [-0.2, -0.15) is 0 Å². The number of hydrogen-bond donors (Lipinski definition) is 1. The Bertz CT molecular complexity index is 646. The van der Waals surface area contributed by atoms with Crippen molar-refractivity contribution in [3.8, 4) is 12.3 Å². The fourth-order valence-corrected chi connectivity index (χ4v) is 1.73. The van der Waals surface area contributed by atoms with E-state index in [2.05, 4.69) is 16.2 Å². The highest BCUT2D eigenvalue weighted by molar-refractivity contribution is 5.99. The van der Waals surface area contributed by atoms with Gasteiger partial charge in [-0.25, -0.2) is 0 Å².